The highest BCUT2D eigenvalue weighted by Crippen LogP contribution is 2.34. The first-order valence-corrected chi connectivity index (χ1v) is 11.5. The minimum Gasteiger partial charge on any atom is -0.492 e. The number of nitrogens with zero attached hydrogens (tertiary/aromatic N) is 5. The maximum Gasteiger partial charge on any atom is 0.138 e. The lowest BCUT2D eigenvalue weighted by Gasteiger charge is -2.28. The fraction of sp³-hybridized carbons (Fsp3) is 0.280. The van der Waals surface area contributed by atoms with Crippen molar-refractivity contribution < 1.29 is 4.74 Å². The van der Waals surface area contributed by atoms with Crippen LogP contribution in [0.15, 0.2) is 49.1 Å². The molecule has 166 valence electrons. The lowest BCUT2D eigenvalue weighted by atomic mass is 10.1. The smallest absolute Gasteiger partial charge is 0.138 e. The van der Waals surface area contributed by atoms with Gasteiger partial charge in [0.2, 0.25) is 0 Å². The summed E-state index contributed by atoms with van der Waals surface area (Å²) in [4.78, 5) is 19.6. The second kappa shape index (κ2) is 8.20. The number of nitrogens with one attached hydrogen (secondary N) is 2. The topological polar surface area (TPSA) is 95.6 Å². The molecule has 33 heavy (non-hydrogen) atoms. The molecule has 1 aliphatic heterocycles. The van der Waals surface area contributed by atoms with Gasteiger partial charge in [-0.3, -0.25) is 15.1 Å². The van der Waals surface area contributed by atoms with Crippen LogP contribution in [0.25, 0.3) is 44.5 Å². The van der Waals surface area contributed by atoms with Gasteiger partial charge in [0.1, 0.15) is 17.3 Å². The third-order valence-electron chi connectivity index (χ3n) is 6.20. The van der Waals surface area contributed by atoms with Crippen molar-refractivity contribution in [1.82, 2.24) is 30.1 Å². The van der Waals surface area contributed by atoms with E-state index in [0.29, 0.717) is 6.61 Å². The third kappa shape index (κ3) is 3.57. The normalized spacial score (nSPS) is 14.3. The van der Waals surface area contributed by atoms with Crippen LogP contribution in [0.5, 0.6) is 5.75 Å². The minimum atomic E-state index is 0.595. The molecule has 1 fully saturated rings. The van der Waals surface area contributed by atoms with Gasteiger partial charge in [0.25, 0.3) is 0 Å². The maximum absolute atomic E-state index is 5.60. The van der Waals surface area contributed by atoms with Crippen LogP contribution in [0, 0.1) is 0 Å². The van der Waals surface area contributed by atoms with Crippen LogP contribution in [0.1, 0.15) is 26.2 Å². The van der Waals surface area contributed by atoms with Crippen molar-refractivity contribution in [3.05, 3.63) is 49.1 Å². The fourth-order valence-electron chi connectivity index (χ4n) is 4.61. The highest BCUT2D eigenvalue weighted by atomic mass is 16.5. The summed E-state index contributed by atoms with van der Waals surface area (Å²) in [6.07, 6.45) is 10.9. The highest BCUT2D eigenvalue weighted by Gasteiger charge is 2.18. The van der Waals surface area contributed by atoms with Crippen LogP contribution in [-0.4, -0.2) is 49.8 Å². The Morgan fingerprint density at radius 3 is 2.76 bits per heavy atom. The van der Waals surface area contributed by atoms with Crippen molar-refractivity contribution in [2.45, 2.75) is 26.2 Å². The summed E-state index contributed by atoms with van der Waals surface area (Å²) in [7, 11) is 0. The zero-order chi connectivity index (χ0) is 22.2. The number of hydrogen-bond acceptors (Lipinski definition) is 6. The number of rotatable bonds is 5. The number of fused-ring (bicyclic) bond motifs is 2. The molecule has 5 aromatic rings. The van der Waals surface area contributed by atoms with Crippen LogP contribution in [0.4, 0.5) is 5.82 Å². The number of anilines is 1. The molecule has 8 nitrogen and oxygen atoms in total. The van der Waals surface area contributed by atoms with Crippen LogP contribution >= 0.6 is 0 Å². The molecule has 5 aromatic heterocycles. The van der Waals surface area contributed by atoms with Crippen molar-refractivity contribution in [3.8, 4) is 28.4 Å². The van der Waals surface area contributed by atoms with Crippen LogP contribution in [-0.2, 0) is 0 Å². The number of H-pyrrole nitrogens is 2. The number of aromatic amines is 2. The summed E-state index contributed by atoms with van der Waals surface area (Å²) in [5.74, 6) is 1.79. The molecule has 0 radical (unpaired) electrons. The molecule has 1 aliphatic rings. The Morgan fingerprint density at radius 2 is 1.88 bits per heavy atom. The molecule has 0 aliphatic carbocycles. The van der Waals surface area contributed by atoms with Gasteiger partial charge in [0.05, 0.1) is 41.4 Å². The summed E-state index contributed by atoms with van der Waals surface area (Å²) < 4.78 is 5.60. The van der Waals surface area contributed by atoms with E-state index in [1.807, 2.05) is 31.5 Å². The van der Waals surface area contributed by atoms with E-state index >= 15 is 0 Å². The molecule has 8 heteroatoms. The van der Waals surface area contributed by atoms with Gasteiger partial charge in [-0.2, -0.15) is 5.10 Å². The first kappa shape index (κ1) is 19.7. The lowest BCUT2D eigenvalue weighted by molar-refractivity contribution is 0.339. The molecule has 0 spiro atoms. The number of pyridine rings is 3. The molecule has 0 saturated carbocycles. The first-order chi connectivity index (χ1) is 16.3. The van der Waals surface area contributed by atoms with Gasteiger partial charge in [-0.1, -0.05) is 0 Å². The Balaban J connectivity index is 1.43. The number of hydrogen-bond donors (Lipinski definition) is 2. The van der Waals surface area contributed by atoms with E-state index in [0.717, 1.165) is 69.1 Å². The lowest BCUT2D eigenvalue weighted by Crippen LogP contribution is -2.30. The fourth-order valence-corrected chi connectivity index (χ4v) is 4.61. The summed E-state index contributed by atoms with van der Waals surface area (Å²) in [5, 5.41) is 9.87. The van der Waals surface area contributed by atoms with E-state index in [-0.39, 0.29) is 0 Å². The Bertz CT molecular complexity index is 1430. The molecular weight excluding hydrogens is 414 g/mol. The third-order valence-corrected chi connectivity index (χ3v) is 6.20. The summed E-state index contributed by atoms with van der Waals surface area (Å²) in [5.41, 5.74) is 5.51. The van der Waals surface area contributed by atoms with Gasteiger partial charge in [0, 0.05) is 41.8 Å². The van der Waals surface area contributed by atoms with Gasteiger partial charge in [-0.05, 0) is 50.5 Å². The van der Waals surface area contributed by atoms with E-state index < -0.39 is 0 Å². The zero-order valence-electron chi connectivity index (χ0n) is 18.5. The number of ether oxygens (including phenoxy) is 1. The predicted molar refractivity (Wildman–Crippen MR) is 129 cm³/mol. The summed E-state index contributed by atoms with van der Waals surface area (Å²) in [6, 6.07) is 8.21. The molecule has 1 saturated heterocycles. The molecule has 0 atom stereocenters. The van der Waals surface area contributed by atoms with E-state index in [4.69, 9.17) is 9.72 Å². The van der Waals surface area contributed by atoms with Gasteiger partial charge < -0.3 is 14.6 Å². The number of piperidine rings is 1. The van der Waals surface area contributed by atoms with E-state index in [9.17, 15) is 0 Å². The summed E-state index contributed by atoms with van der Waals surface area (Å²) >= 11 is 0. The Morgan fingerprint density at radius 1 is 0.970 bits per heavy atom. The second-order valence-electron chi connectivity index (χ2n) is 8.36. The SMILES string of the molecule is CCOc1cncc(-c2cc3c(-c4cc5c(N6CCCCC6)nccc5[nH]4)n[nH]c3cn2)c1. The van der Waals surface area contributed by atoms with E-state index in [1.54, 1.807) is 12.4 Å². The second-order valence-corrected chi connectivity index (χ2v) is 8.36. The maximum atomic E-state index is 5.60. The standard InChI is InChI=1S/C25H25N7O/c1-2-33-17-10-16(13-26-14-17)21-11-18-23(15-28-21)30-31-24(18)22-12-19-20(29-22)6-7-27-25(19)32-8-4-3-5-9-32/h6-7,10-15,29H,2-5,8-9H2,1H3,(H,30,31). The Labute approximate surface area is 191 Å². The van der Waals surface area contributed by atoms with Crippen molar-refractivity contribution in [2.24, 2.45) is 0 Å². The summed E-state index contributed by atoms with van der Waals surface area (Å²) in [6.45, 7) is 4.67. The van der Waals surface area contributed by atoms with Crippen molar-refractivity contribution in [2.75, 3.05) is 24.6 Å². The minimum absolute atomic E-state index is 0.595. The molecular formula is C25H25N7O. The zero-order valence-corrected chi connectivity index (χ0v) is 18.5. The van der Waals surface area contributed by atoms with Gasteiger partial charge in [-0.15, -0.1) is 0 Å². The van der Waals surface area contributed by atoms with Gasteiger partial charge >= 0.3 is 0 Å². The Kier molecular flexibility index (Phi) is 4.90. The average molecular weight is 440 g/mol. The molecule has 2 N–H and O–H groups in total. The monoisotopic (exact) mass is 439 g/mol. The van der Waals surface area contributed by atoms with Crippen LogP contribution < -0.4 is 9.64 Å². The van der Waals surface area contributed by atoms with Crippen LogP contribution in [0.2, 0.25) is 0 Å². The quantitative estimate of drug-likeness (QED) is 0.402. The highest BCUT2D eigenvalue weighted by molar-refractivity contribution is 5.99. The predicted octanol–water partition coefficient (Wildman–Crippen LogP) is 4.95. The van der Waals surface area contributed by atoms with Crippen molar-refractivity contribution in [3.63, 3.8) is 0 Å². The van der Waals surface area contributed by atoms with Crippen LogP contribution in [0.3, 0.4) is 0 Å². The molecule has 0 amide bonds. The largest absolute Gasteiger partial charge is 0.492 e. The average Bonchev–Trinajstić information content (AvgIpc) is 3.48. The molecule has 0 unspecified atom stereocenters. The van der Waals surface area contributed by atoms with Crippen molar-refractivity contribution in [1.29, 1.82) is 0 Å². The Hall–Kier alpha value is -3.94. The van der Waals surface area contributed by atoms with E-state index in [2.05, 4.69) is 42.2 Å². The molecule has 0 aromatic carbocycles. The van der Waals surface area contributed by atoms with Gasteiger partial charge in [-0.25, -0.2) is 4.98 Å². The van der Waals surface area contributed by atoms with Crippen molar-refractivity contribution >= 4 is 27.6 Å². The van der Waals surface area contributed by atoms with Gasteiger partial charge in [0.15, 0.2) is 0 Å². The van der Waals surface area contributed by atoms with E-state index in [1.165, 1.54) is 19.3 Å². The molecule has 0 bridgehead atoms. The molecule has 6 heterocycles. The first-order valence-electron chi connectivity index (χ1n) is 11.5. The number of aromatic nitrogens is 6. The molecule has 6 rings (SSSR count).